The molecule has 3 aliphatic rings. The van der Waals surface area contributed by atoms with E-state index >= 15 is 0 Å². The van der Waals surface area contributed by atoms with Gasteiger partial charge in [-0.25, -0.2) is 4.79 Å². The van der Waals surface area contributed by atoms with Gasteiger partial charge >= 0.3 is 6.03 Å². The highest BCUT2D eigenvalue weighted by Gasteiger charge is 2.41. The number of aliphatic hydroxyl groups excluding tert-OH is 1. The molecule has 0 radical (unpaired) electrons. The zero-order valence-electron chi connectivity index (χ0n) is 19.5. The Morgan fingerprint density at radius 2 is 1.76 bits per heavy atom. The van der Waals surface area contributed by atoms with Gasteiger partial charge in [0.1, 0.15) is 0 Å². The summed E-state index contributed by atoms with van der Waals surface area (Å²) >= 11 is 12.0. The van der Waals surface area contributed by atoms with Crippen LogP contribution < -0.4 is 5.32 Å². The molecular weight excluding hydrogens is 469 g/mol. The number of aryl methyl sites for hydroxylation is 1. The van der Waals surface area contributed by atoms with Crippen LogP contribution in [0.3, 0.4) is 0 Å². The molecule has 1 aliphatic carbocycles. The normalized spacial score (nSPS) is 21.4. The highest BCUT2D eigenvalue weighted by atomic mass is 35.5. The Labute approximate surface area is 212 Å². The Hall–Kier alpha value is -1.79. The zero-order chi connectivity index (χ0) is 23.7. The van der Waals surface area contributed by atoms with Gasteiger partial charge in [0.15, 0.2) is 0 Å². The summed E-state index contributed by atoms with van der Waals surface area (Å²) in [5, 5.41) is 14.7. The average Bonchev–Trinajstić information content (AvgIpc) is 3.21. The second-order valence-corrected chi connectivity index (χ2v) is 11.0. The van der Waals surface area contributed by atoms with Gasteiger partial charge in [-0.1, -0.05) is 47.5 Å². The lowest BCUT2D eigenvalue weighted by molar-refractivity contribution is 0.0254. The van der Waals surface area contributed by atoms with E-state index in [1.807, 2.05) is 4.90 Å². The molecule has 0 aromatic heterocycles. The summed E-state index contributed by atoms with van der Waals surface area (Å²) in [7, 11) is 0. The van der Waals surface area contributed by atoms with Crippen LogP contribution in [0.2, 0.25) is 10.0 Å². The van der Waals surface area contributed by atoms with Gasteiger partial charge in [0.05, 0.1) is 16.1 Å². The fourth-order valence-electron chi connectivity index (χ4n) is 6.12. The summed E-state index contributed by atoms with van der Waals surface area (Å²) in [6, 6.07) is 13.9. The van der Waals surface area contributed by atoms with E-state index in [0.717, 1.165) is 32.5 Å². The number of carbonyl (C=O) groups excluding carboxylic acids is 1. The Morgan fingerprint density at radius 1 is 1.03 bits per heavy atom. The van der Waals surface area contributed by atoms with Gasteiger partial charge in [0.25, 0.3) is 0 Å². The van der Waals surface area contributed by atoms with Crippen molar-refractivity contribution >= 4 is 34.9 Å². The first-order chi connectivity index (χ1) is 16.4. The summed E-state index contributed by atoms with van der Waals surface area (Å²) in [6.45, 7) is 4.13. The van der Waals surface area contributed by atoms with Crippen molar-refractivity contribution in [1.82, 2.24) is 9.80 Å². The molecule has 0 saturated carbocycles. The van der Waals surface area contributed by atoms with Crippen molar-refractivity contribution in [1.29, 1.82) is 0 Å². The summed E-state index contributed by atoms with van der Waals surface area (Å²) < 4.78 is 0. The van der Waals surface area contributed by atoms with Crippen LogP contribution in [0.15, 0.2) is 42.5 Å². The maximum absolute atomic E-state index is 12.6. The number of urea groups is 1. The third kappa shape index (κ3) is 4.94. The Balaban J connectivity index is 1.08. The van der Waals surface area contributed by atoms with Gasteiger partial charge < -0.3 is 20.2 Å². The lowest BCUT2D eigenvalue weighted by Gasteiger charge is -2.42. The molecule has 2 aliphatic heterocycles. The van der Waals surface area contributed by atoms with Crippen molar-refractivity contribution < 1.29 is 9.90 Å². The van der Waals surface area contributed by atoms with Crippen molar-refractivity contribution in [2.45, 2.75) is 50.0 Å². The first kappa shape index (κ1) is 23.9. The first-order valence-electron chi connectivity index (χ1n) is 12.4. The van der Waals surface area contributed by atoms with Gasteiger partial charge in [0.2, 0.25) is 0 Å². The Bertz CT molecular complexity index is 1030. The number of hydrogen-bond donors (Lipinski definition) is 2. The number of rotatable bonds is 4. The van der Waals surface area contributed by atoms with E-state index in [-0.39, 0.29) is 18.1 Å². The largest absolute Gasteiger partial charge is 0.392 e. The topological polar surface area (TPSA) is 55.8 Å². The van der Waals surface area contributed by atoms with E-state index in [2.05, 4.69) is 34.5 Å². The van der Waals surface area contributed by atoms with E-state index in [1.165, 1.54) is 31.2 Å². The maximum atomic E-state index is 12.6. The number of aliphatic hydroxyl groups is 1. The molecule has 1 spiro atoms. The molecule has 7 heteroatoms. The van der Waals surface area contributed by atoms with Gasteiger partial charge in [0, 0.05) is 25.3 Å². The number of hydrogen-bond acceptors (Lipinski definition) is 3. The maximum Gasteiger partial charge on any atom is 0.321 e. The number of carbonyl (C=O) groups is 1. The van der Waals surface area contributed by atoms with Crippen molar-refractivity contribution in [2.24, 2.45) is 5.92 Å². The fraction of sp³-hybridized carbons (Fsp3) is 0.519. The predicted octanol–water partition coefficient (Wildman–Crippen LogP) is 5.58. The van der Waals surface area contributed by atoms with E-state index < -0.39 is 0 Å². The monoisotopic (exact) mass is 501 g/mol. The molecule has 34 heavy (non-hydrogen) atoms. The molecule has 2 amide bonds. The summed E-state index contributed by atoms with van der Waals surface area (Å²) in [6.07, 6.45) is 6.14. The molecule has 2 aromatic rings. The lowest BCUT2D eigenvalue weighted by Crippen LogP contribution is -2.48. The van der Waals surface area contributed by atoms with E-state index in [0.29, 0.717) is 34.2 Å². The SMILES string of the molecule is O=C(Nc1ccc(Cl)c(Cl)c1)N1CCC(C(O)CN2CCC3(CCc4ccccc43)CC2)CC1. The van der Waals surface area contributed by atoms with Crippen LogP contribution in [0.1, 0.15) is 43.2 Å². The van der Waals surface area contributed by atoms with E-state index in [9.17, 15) is 9.90 Å². The third-order valence-electron chi connectivity index (χ3n) is 8.26. The van der Waals surface area contributed by atoms with Crippen molar-refractivity contribution in [2.75, 3.05) is 38.0 Å². The van der Waals surface area contributed by atoms with Crippen LogP contribution in [0.4, 0.5) is 10.5 Å². The average molecular weight is 502 g/mol. The van der Waals surface area contributed by atoms with Gasteiger partial charge in [-0.05, 0) is 92.3 Å². The first-order valence-corrected chi connectivity index (χ1v) is 13.2. The minimum Gasteiger partial charge on any atom is -0.392 e. The number of halogens is 2. The molecule has 2 heterocycles. The van der Waals surface area contributed by atoms with Crippen molar-refractivity contribution in [3.8, 4) is 0 Å². The molecule has 1 unspecified atom stereocenters. The van der Waals surface area contributed by atoms with Crippen LogP contribution in [-0.2, 0) is 11.8 Å². The molecule has 0 bridgehead atoms. The third-order valence-corrected chi connectivity index (χ3v) is 9.00. The summed E-state index contributed by atoms with van der Waals surface area (Å²) in [5.74, 6) is 0.233. The van der Waals surface area contributed by atoms with E-state index in [1.54, 1.807) is 23.8 Å². The highest BCUT2D eigenvalue weighted by molar-refractivity contribution is 6.42. The minimum absolute atomic E-state index is 0.135. The second-order valence-electron chi connectivity index (χ2n) is 10.2. The van der Waals surface area contributed by atoms with Gasteiger partial charge in [-0.15, -0.1) is 0 Å². The summed E-state index contributed by atoms with van der Waals surface area (Å²) in [4.78, 5) is 16.9. The van der Waals surface area contributed by atoms with Gasteiger partial charge in [-0.3, -0.25) is 0 Å². The number of nitrogens with one attached hydrogen (secondary N) is 1. The molecule has 2 fully saturated rings. The van der Waals surface area contributed by atoms with Crippen LogP contribution in [0.25, 0.3) is 0 Å². The molecule has 1 atom stereocenters. The second kappa shape index (κ2) is 10.1. The van der Waals surface area contributed by atoms with Crippen molar-refractivity contribution in [3.63, 3.8) is 0 Å². The number of benzene rings is 2. The fourth-order valence-corrected chi connectivity index (χ4v) is 6.42. The lowest BCUT2D eigenvalue weighted by atomic mass is 9.73. The van der Waals surface area contributed by atoms with Crippen LogP contribution >= 0.6 is 23.2 Å². The van der Waals surface area contributed by atoms with Crippen LogP contribution in [0, 0.1) is 5.92 Å². The number of likely N-dealkylation sites (tertiary alicyclic amines) is 2. The molecule has 182 valence electrons. The van der Waals surface area contributed by atoms with Crippen molar-refractivity contribution in [3.05, 3.63) is 63.6 Å². The standard InChI is InChI=1S/C27H33Cl2N3O2/c28-23-6-5-21(17-24(23)29)30-26(34)32-13-8-20(9-14-32)25(33)18-31-15-11-27(12-16-31)10-7-19-3-1-2-4-22(19)27/h1-6,17,20,25,33H,7-16,18H2,(H,30,34). The minimum atomic E-state index is -0.342. The van der Waals surface area contributed by atoms with Crippen LogP contribution in [-0.4, -0.2) is 59.8 Å². The number of β-amino-alcohol motifs (C(OH)–C–C–N with tert-alkyl or cyclic N) is 1. The Morgan fingerprint density at radius 3 is 2.50 bits per heavy atom. The van der Waals surface area contributed by atoms with E-state index in [4.69, 9.17) is 23.2 Å². The number of anilines is 1. The number of amides is 2. The molecule has 2 saturated heterocycles. The molecular formula is C27H33Cl2N3O2. The van der Waals surface area contributed by atoms with Gasteiger partial charge in [-0.2, -0.15) is 0 Å². The zero-order valence-corrected chi connectivity index (χ0v) is 21.0. The molecule has 5 rings (SSSR count). The molecule has 2 aromatic carbocycles. The number of fused-ring (bicyclic) bond motifs is 2. The summed E-state index contributed by atoms with van der Waals surface area (Å²) in [5.41, 5.74) is 4.09. The highest BCUT2D eigenvalue weighted by Crippen LogP contribution is 2.46. The molecule has 5 nitrogen and oxygen atoms in total. The molecule has 2 N–H and O–H groups in total. The predicted molar refractivity (Wildman–Crippen MR) is 138 cm³/mol. The Kier molecular flexibility index (Phi) is 7.08. The number of piperidine rings is 2. The smallest absolute Gasteiger partial charge is 0.321 e. The number of nitrogens with zero attached hydrogens (tertiary/aromatic N) is 2. The van der Waals surface area contributed by atoms with Crippen LogP contribution in [0.5, 0.6) is 0 Å². The quantitative estimate of drug-likeness (QED) is 0.574.